The molecule has 0 aliphatic carbocycles. The summed E-state index contributed by atoms with van der Waals surface area (Å²) in [6, 6.07) is 23.1. The van der Waals surface area contributed by atoms with Crippen molar-refractivity contribution in [1.29, 1.82) is 0 Å². The van der Waals surface area contributed by atoms with E-state index in [1.54, 1.807) is 74.5 Å². The number of aromatic nitrogens is 5. The zero-order valence-electron chi connectivity index (χ0n) is 41.0. The lowest BCUT2D eigenvalue weighted by Crippen LogP contribution is -2.47. The molecule has 23 nitrogen and oxygen atoms in total. The van der Waals surface area contributed by atoms with Gasteiger partial charge in [-0.25, -0.2) is 14.8 Å². The maximum Gasteiger partial charge on any atom is 0.345 e. The Morgan fingerprint density at radius 1 is 0.813 bits per heavy atom. The highest BCUT2D eigenvalue weighted by molar-refractivity contribution is 7.85. The molecule has 1 atom stereocenters. The first-order chi connectivity index (χ1) is 35.9. The van der Waals surface area contributed by atoms with Crippen LogP contribution in [0.3, 0.4) is 0 Å². The number of hydrogen-bond acceptors (Lipinski definition) is 16. The molecule has 0 spiro atoms. The van der Waals surface area contributed by atoms with Gasteiger partial charge in [0.1, 0.15) is 11.8 Å². The van der Waals surface area contributed by atoms with Crippen molar-refractivity contribution in [1.82, 2.24) is 35.9 Å². The van der Waals surface area contributed by atoms with Crippen LogP contribution in [0.1, 0.15) is 67.2 Å². The zero-order valence-corrected chi connectivity index (χ0v) is 41.8. The third-order valence-corrected chi connectivity index (χ3v) is 12.5. The number of primary amides is 1. The summed E-state index contributed by atoms with van der Waals surface area (Å²) in [5.41, 5.74) is 15.1. The molecule has 7 rings (SSSR count). The Balaban J connectivity index is 0.818. The number of nitrogens with two attached hydrogens (primary N) is 2. The largest absolute Gasteiger partial charge is 0.422 e. The van der Waals surface area contributed by atoms with Crippen LogP contribution >= 0.6 is 0 Å². The van der Waals surface area contributed by atoms with Crippen LogP contribution in [-0.2, 0) is 42.3 Å². The van der Waals surface area contributed by atoms with Crippen LogP contribution in [0.15, 0.2) is 95.9 Å². The number of carbonyl (C=O) groups excluding carboxylic acids is 5. The summed E-state index contributed by atoms with van der Waals surface area (Å²) in [4.78, 5) is 91.9. The zero-order chi connectivity index (χ0) is 53.6. The molecule has 4 amide bonds. The summed E-state index contributed by atoms with van der Waals surface area (Å²) < 4.78 is 51.4. The first-order valence-corrected chi connectivity index (χ1v) is 25.3. The number of nitrogen functional groups attached to an aromatic ring is 1. The molecule has 75 heavy (non-hydrogen) atoms. The SMILES string of the molecule is Cc1cc(C(=O)NCCOCCOCCNC(=O)C(CCC(N)=O)NC(=O)c2ccc(NCc3cnc4nc(N)[nH]c(=O)c4n3)cc2)cc(C)c1OC(=O)c1c2ccccc2[n+](CCCS(=O)(=O)O)c2ccccc12. The minimum atomic E-state index is -4.16. The van der Waals surface area contributed by atoms with Gasteiger partial charge in [0.15, 0.2) is 17.7 Å². The van der Waals surface area contributed by atoms with Gasteiger partial charge in [0.25, 0.3) is 27.5 Å². The predicted molar refractivity (Wildman–Crippen MR) is 276 cm³/mol. The highest BCUT2D eigenvalue weighted by Gasteiger charge is 2.27. The molecule has 0 aliphatic rings. The normalized spacial score (nSPS) is 11.8. The van der Waals surface area contributed by atoms with Gasteiger partial charge in [0, 0.05) is 54.9 Å². The van der Waals surface area contributed by atoms with E-state index in [0.717, 1.165) is 0 Å². The topological polar surface area (TPSA) is 343 Å². The van der Waals surface area contributed by atoms with Crippen LogP contribution in [0.25, 0.3) is 33.0 Å². The quantitative estimate of drug-likeness (QED) is 0.0102. The highest BCUT2D eigenvalue weighted by atomic mass is 32.2. The molecule has 392 valence electrons. The number of aromatic amines is 1. The van der Waals surface area contributed by atoms with E-state index in [-0.39, 0.29) is 100 Å². The van der Waals surface area contributed by atoms with E-state index in [0.29, 0.717) is 61.2 Å². The van der Waals surface area contributed by atoms with Crippen LogP contribution in [0, 0.1) is 13.8 Å². The van der Waals surface area contributed by atoms with Crippen LogP contribution in [-0.4, -0.2) is 114 Å². The minimum absolute atomic E-state index is 0.0317. The number of carbonyl (C=O) groups is 5. The third-order valence-electron chi connectivity index (χ3n) is 11.7. The van der Waals surface area contributed by atoms with Crippen molar-refractivity contribution in [2.24, 2.45) is 5.73 Å². The van der Waals surface area contributed by atoms with Crippen LogP contribution in [0.5, 0.6) is 5.75 Å². The lowest BCUT2D eigenvalue weighted by molar-refractivity contribution is -0.645. The van der Waals surface area contributed by atoms with E-state index >= 15 is 0 Å². The van der Waals surface area contributed by atoms with Gasteiger partial charge in [-0.05, 0) is 79.9 Å². The van der Waals surface area contributed by atoms with Gasteiger partial charge in [0.05, 0.1) is 67.0 Å². The van der Waals surface area contributed by atoms with Crippen molar-refractivity contribution in [3.8, 4) is 5.75 Å². The first-order valence-electron chi connectivity index (χ1n) is 23.7. The fourth-order valence-electron chi connectivity index (χ4n) is 8.18. The number of nitrogens with zero attached hydrogens (tertiary/aromatic N) is 4. The van der Waals surface area contributed by atoms with Crippen molar-refractivity contribution in [2.45, 2.75) is 52.2 Å². The molecular formula is C51H56N11O12S+. The van der Waals surface area contributed by atoms with Crippen molar-refractivity contribution in [2.75, 3.05) is 56.3 Å². The maximum atomic E-state index is 14.1. The molecule has 0 fully saturated rings. The number of hydrogen-bond donors (Lipinski definition) is 8. The summed E-state index contributed by atoms with van der Waals surface area (Å²) in [5, 5.41) is 12.5. The van der Waals surface area contributed by atoms with Gasteiger partial charge >= 0.3 is 5.97 Å². The van der Waals surface area contributed by atoms with Crippen molar-refractivity contribution < 1.29 is 55.7 Å². The van der Waals surface area contributed by atoms with E-state index < -0.39 is 51.2 Å². The number of pyridine rings is 1. The second kappa shape index (κ2) is 25.0. The minimum Gasteiger partial charge on any atom is -0.422 e. The fraction of sp³-hybridized carbons (Fsp3) is 0.294. The van der Waals surface area contributed by atoms with Crippen LogP contribution in [0.2, 0.25) is 0 Å². The van der Waals surface area contributed by atoms with Gasteiger partial charge < -0.3 is 46.9 Å². The standard InChI is InChI=1S/C51H55N11O12S/c1-30-26-33(27-31(2)44(30)74-50(68)42-36-8-3-5-10-39(36)62(20-7-25-75(69,70)71)40-11-6-4-9-37(40)42)46(64)54-18-21-72-23-24-73-22-19-55-48(66)38(16-17-41(52)63)59-47(65)32-12-14-34(15-13-32)56-28-35-29-57-45-43(58-35)49(67)61-51(53)60-45/h3-6,8-15,26-27,29,38H,7,16-25,28H2,1-2H3,(H9-,52,53,54,55,56,57,59,60,61,63,64,65,66,67,69,70,71)/p+1. The third kappa shape index (κ3) is 14.6. The molecule has 3 heterocycles. The molecule has 0 aliphatic heterocycles. The van der Waals surface area contributed by atoms with Gasteiger partial charge in [-0.15, -0.1) is 0 Å². The van der Waals surface area contributed by atoms with Crippen molar-refractivity contribution in [3.05, 3.63) is 135 Å². The van der Waals surface area contributed by atoms with Gasteiger partial charge in [-0.2, -0.15) is 18.0 Å². The molecule has 0 radical (unpaired) electrons. The van der Waals surface area contributed by atoms with E-state index in [4.69, 9.17) is 25.7 Å². The number of anilines is 2. The molecule has 24 heteroatoms. The monoisotopic (exact) mass is 1050 g/mol. The van der Waals surface area contributed by atoms with Gasteiger partial charge in [-0.1, -0.05) is 24.3 Å². The molecule has 10 N–H and O–H groups in total. The number of H-pyrrole nitrogens is 1. The molecule has 7 aromatic rings. The average Bonchev–Trinajstić information content (AvgIpc) is 3.38. The maximum absolute atomic E-state index is 14.1. The van der Waals surface area contributed by atoms with E-state index in [9.17, 15) is 41.7 Å². The van der Waals surface area contributed by atoms with Gasteiger partial charge in [0.2, 0.25) is 28.8 Å². The first kappa shape index (κ1) is 54.3. The Hall–Kier alpha value is -8.45. The Bertz CT molecular complexity index is 3370. The predicted octanol–water partition coefficient (Wildman–Crippen LogP) is 2.56. The molecule has 3 aromatic heterocycles. The average molecular weight is 1050 g/mol. The molecular weight excluding hydrogens is 991 g/mol. The Morgan fingerprint density at radius 3 is 2.07 bits per heavy atom. The number of nitrogens with one attached hydrogen (secondary N) is 5. The summed E-state index contributed by atoms with van der Waals surface area (Å²) >= 11 is 0. The second-order valence-electron chi connectivity index (χ2n) is 17.2. The number of para-hydroxylation sites is 2. The summed E-state index contributed by atoms with van der Waals surface area (Å²) in [7, 11) is -4.16. The lowest BCUT2D eigenvalue weighted by atomic mass is 10.0. The Kier molecular flexibility index (Phi) is 18.1. The van der Waals surface area contributed by atoms with Crippen LogP contribution < -0.4 is 47.6 Å². The second-order valence-corrected chi connectivity index (χ2v) is 18.8. The summed E-state index contributed by atoms with van der Waals surface area (Å²) in [6.07, 6.45) is 1.44. The number of benzene rings is 4. The number of esters is 1. The molecule has 1 unspecified atom stereocenters. The van der Waals surface area contributed by atoms with Crippen LogP contribution in [0.4, 0.5) is 11.6 Å². The van der Waals surface area contributed by atoms with E-state index in [1.165, 1.54) is 6.20 Å². The molecule has 0 bridgehead atoms. The molecule has 0 saturated heterocycles. The number of fused-ring (bicyclic) bond motifs is 3. The fourth-order valence-corrected chi connectivity index (χ4v) is 8.68. The molecule has 0 saturated carbocycles. The number of amides is 4. The highest BCUT2D eigenvalue weighted by Crippen LogP contribution is 2.30. The summed E-state index contributed by atoms with van der Waals surface area (Å²) in [5.74, 6) is -2.87. The lowest BCUT2D eigenvalue weighted by Gasteiger charge is -2.18. The number of ether oxygens (including phenoxy) is 3. The van der Waals surface area contributed by atoms with E-state index in [2.05, 4.69) is 41.2 Å². The van der Waals surface area contributed by atoms with Crippen molar-refractivity contribution >= 4 is 84.3 Å². The van der Waals surface area contributed by atoms with Gasteiger partial charge in [-0.3, -0.25) is 33.5 Å². The Labute approximate surface area is 429 Å². The molecule has 4 aromatic carbocycles. The van der Waals surface area contributed by atoms with Crippen molar-refractivity contribution in [3.63, 3.8) is 0 Å². The number of rotatable bonds is 25. The smallest absolute Gasteiger partial charge is 0.345 e. The summed E-state index contributed by atoms with van der Waals surface area (Å²) in [6.45, 7) is 4.92. The Morgan fingerprint density at radius 2 is 1.44 bits per heavy atom. The van der Waals surface area contributed by atoms with E-state index in [1.807, 2.05) is 28.8 Å². The number of aryl methyl sites for hydroxylation is 3.